The summed E-state index contributed by atoms with van der Waals surface area (Å²) in [6.45, 7) is 3.11. The van der Waals surface area contributed by atoms with Crippen LogP contribution in [-0.4, -0.2) is 42.9 Å². The number of ether oxygens (including phenoxy) is 1. The number of rotatable bonds is 4. The van der Waals surface area contributed by atoms with Crippen LogP contribution < -0.4 is 5.32 Å². The van der Waals surface area contributed by atoms with Crippen LogP contribution in [0.2, 0.25) is 0 Å². The molecule has 1 fully saturated rings. The highest BCUT2D eigenvalue weighted by atomic mass is 16.5. The molecule has 2 amide bonds. The second-order valence-electron chi connectivity index (χ2n) is 5.74. The molecule has 2 rings (SSSR count). The summed E-state index contributed by atoms with van der Waals surface area (Å²) in [6, 6.07) is 6.37. The summed E-state index contributed by atoms with van der Waals surface area (Å²) in [7, 11) is 1.31. The van der Waals surface area contributed by atoms with Gasteiger partial charge in [0.2, 0.25) is 5.91 Å². The van der Waals surface area contributed by atoms with E-state index >= 15 is 0 Å². The van der Waals surface area contributed by atoms with E-state index in [0.717, 1.165) is 32.4 Å². The number of nitrogens with zero attached hydrogens (tertiary/aromatic N) is 1. The fraction of sp³-hybridized carbons (Fsp3) is 0.389. The summed E-state index contributed by atoms with van der Waals surface area (Å²) in [5.74, 6) is -0.898. The molecule has 0 bridgehead atoms. The minimum absolute atomic E-state index is 0.122. The highest BCUT2D eigenvalue weighted by molar-refractivity contribution is 6.07. The van der Waals surface area contributed by atoms with E-state index in [0.29, 0.717) is 16.8 Å². The molecule has 1 aromatic rings. The lowest BCUT2D eigenvalue weighted by molar-refractivity contribution is -0.127. The lowest BCUT2D eigenvalue weighted by Gasteiger charge is -2.25. The third kappa shape index (κ3) is 4.68. The molecule has 0 radical (unpaired) electrons. The number of hydrogen-bond acceptors (Lipinski definition) is 4. The van der Waals surface area contributed by atoms with Crippen molar-refractivity contribution in [3.05, 3.63) is 41.5 Å². The van der Waals surface area contributed by atoms with Gasteiger partial charge in [0, 0.05) is 30.4 Å². The van der Waals surface area contributed by atoms with Gasteiger partial charge in [0.15, 0.2) is 0 Å². The van der Waals surface area contributed by atoms with Crippen molar-refractivity contribution >= 4 is 23.5 Å². The molecule has 1 N–H and O–H groups in total. The number of nitrogens with one attached hydrogen (secondary N) is 1. The van der Waals surface area contributed by atoms with E-state index in [1.54, 1.807) is 36.1 Å². The number of likely N-dealkylation sites (tertiary alicyclic amines) is 1. The van der Waals surface area contributed by atoms with Crippen LogP contribution in [0, 0.1) is 0 Å². The Morgan fingerprint density at radius 3 is 2.29 bits per heavy atom. The Morgan fingerprint density at radius 2 is 1.71 bits per heavy atom. The number of anilines is 1. The standard InChI is InChI=1S/C18H22N2O4/c1-13(12-16(21)20-10-4-3-5-11-20)17(22)19-15-8-6-14(7-9-15)18(23)24-2/h6-9,12H,3-5,10-11H2,1-2H3,(H,19,22)/b13-12+. The molecule has 24 heavy (non-hydrogen) atoms. The van der Waals surface area contributed by atoms with E-state index < -0.39 is 5.97 Å². The second-order valence-corrected chi connectivity index (χ2v) is 5.74. The molecule has 0 aliphatic carbocycles. The Morgan fingerprint density at radius 1 is 1.08 bits per heavy atom. The maximum Gasteiger partial charge on any atom is 0.337 e. The third-order valence-corrected chi connectivity index (χ3v) is 3.93. The molecule has 0 atom stereocenters. The van der Waals surface area contributed by atoms with Gasteiger partial charge in [0.25, 0.3) is 5.91 Å². The molecule has 128 valence electrons. The van der Waals surface area contributed by atoms with Gasteiger partial charge < -0.3 is 15.0 Å². The molecule has 1 aliphatic rings. The van der Waals surface area contributed by atoms with Crippen LogP contribution in [0.1, 0.15) is 36.5 Å². The van der Waals surface area contributed by atoms with E-state index in [1.165, 1.54) is 13.2 Å². The lowest BCUT2D eigenvalue weighted by atomic mass is 10.1. The van der Waals surface area contributed by atoms with Gasteiger partial charge >= 0.3 is 5.97 Å². The van der Waals surface area contributed by atoms with Crippen molar-refractivity contribution in [1.29, 1.82) is 0 Å². The van der Waals surface area contributed by atoms with E-state index in [2.05, 4.69) is 10.1 Å². The summed E-state index contributed by atoms with van der Waals surface area (Å²) >= 11 is 0. The van der Waals surface area contributed by atoms with E-state index in [4.69, 9.17) is 0 Å². The quantitative estimate of drug-likeness (QED) is 0.679. The number of benzene rings is 1. The van der Waals surface area contributed by atoms with Crippen molar-refractivity contribution in [2.75, 3.05) is 25.5 Å². The van der Waals surface area contributed by atoms with Gasteiger partial charge in [-0.15, -0.1) is 0 Å². The number of amides is 2. The number of carbonyl (C=O) groups is 3. The maximum absolute atomic E-state index is 12.2. The van der Waals surface area contributed by atoms with Crippen LogP contribution in [0.15, 0.2) is 35.9 Å². The fourth-order valence-electron chi connectivity index (χ4n) is 2.49. The smallest absolute Gasteiger partial charge is 0.337 e. The van der Waals surface area contributed by atoms with Crippen LogP contribution in [0.3, 0.4) is 0 Å². The SMILES string of the molecule is COC(=O)c1ccc(NC(=O)/C(C)=C/C(=O)N2CCCCC2)cc1. The van der Waals surface area contributed by atoms with Crippen molar-refractivity contribution in [2.24, 2.45) is 0 Å². The minimum atomic E-state index is -0.434. The Kier molecular flexibility index (Phi) is 6.12. The number of methoxy groups -OCH3 is 1. The van der Waals surface area contributed by atoms with Crippen LogP contribution in [0.5, 0.6) is 0 Å². The van der Waals surface area contributed by atoms with Gasteiger partial charge in [-0.2, -0.15) is 0 Å². The number of hydrogen-bond donors (Lipinski definition) is 1. The van der Waals surface area contributed by atoms with E-state index in [-0.39, 0.29) is 11.8 Å². The molecule has 6 heteroatoms. The average molecular weight is 330 g/mol. The van der Waals surface area contributed by atoms with Crippen molar-refractivity contribution < 1.29 is 19.1 Å². The van der Waals surface area contributed by atoms with Crippen molar-refractivity contribution in [1.82, 2.24) is 4.90 Å². The van der Waals surface area contributed by atoms with Crippen LogP contribution in [-0.2, 0) is 14.3 Å². The molecule has 0 aromatic heterocycles. The minimum Gasteiger partial charge on any atom is -0.465 e. The predicted molar refractivity (Wildman–Crippen MR) is 90.6 cm³/mol. The predicted octanol–water partition coefficient (Wildman–Crippen LogP) is 2.37. The second kappa shape index (κ2) is 8.29. The van der Waals surface area contributed by atoms with Gasteiger partial charge in [-0.3, -0.25) is 9.59 Å². The molecule has 0 unspecified atom stereocenters. The summed E-state index contributed by atoms with van der Waals surface area (Å²) in [6.07, 6.45) is 4.55. The number of piperidine rings is 1. The summed E-state index contributed by atoms with van der Waals surface area (Å²) in [4.78, 5) is 37.4. The topological polar surface area (TPSA) is 75.7 Å². The first-order chi connectivity index (χ1) is 11.5. The Bertz CT molecular complexity index is 643. The molecule has 1 aliphatic heterocycles. The van der Waals surface area contributed by atoms with Gasteiger partial charge in [0.1, 0.15) is 0 Å². The highest BCUT2D eigenvalue weighted by Gasteiger charge is 2.16. The first-order valence-corrected chi connectivity index (χ1v) is 7.98. The zero-order chi connectivity index (χ0) is 17.5. The first kappa shape index (κ1) is 17.7. The summed E-state index contributed by atoms with van der Waals surface area (Å²) in [5, 5.41) is 2.70. The van der Waals surface area contributed by atoms with Gasteiger partial charge in [-0.05, 0) is 50.5 Å². The Balaban J connectivity index is 1.96. The van der Waals surface area contributed by atoms with Gasteiger partial charge in [0.05, 0.1) is 12.7 Å². The Hall–Kier alpha value is -2.63. The van der Waals surface area contributed by atoms with Crippen molar-refractivity contribution in [2.45, 2.75) is 26.2 Å². The molecular formula is C18H22N2O4. The lowest BCUT2D eigenvalue weighted by Crippen LogP contribution is -2.34. The number of carbonyl (C=O) groups excluding carboxylic acids is 3. The molecule has 0 spiro atoms. The largest absolute Gasteiger partial charge is 0.465 e. The molecule has 0 saturated carbocycles. The maximum atomic E-state index is 12.2. The molecule has 1 aromatic carbocycles. The average Bonchev–Trinajstić information content (AvgIpc) is 2.62. The van der Waals surface area contributed by atoms with Gasteiger partial charge in [-0.1, -0.05) is 0 Å². The van der Waals surface area contributed by atoms with Crippen LogP contribution in [0.25, 0.3) is 0 Å². The molecule has 1 saturated heterocycles. The van der Waals surface area contributed by atoms with E-state index in [9.17, 15) is 14.4 Å². The van der Waals surface area contributed by atoms with Gasteiger partial charge in [-0.25, -0.2) is 4.79 Å². The van der Waals surface area contributed by atoms with Crippen LogP contribution in [0.4, 0.5) is 5.69 Å². The zero-order valence-corrected chi connectivity index (χ0v) is 14.0. The van der Waals surface area contributed by atoms with Crippen LogP contribution >= 0.6 is 0 Å². The Labute approximate surface area is 141 Å². The van der Waals surface area contributed by atoms with E-state index in [1.807, 2.05) is 0 Å². The summed E-state index contributed by atoms with van der Waals surface area (Å²) < 4.78 is 4.62. The fourth-order valence-corrected chi connectivity index (χ4v) is 2.49. The first-order valence-electron chi connectivity index (χ1n) is 7.98. The molecular weight excluding hydrogens is 308 g/mol. The zero-order valence-electron chi connectivity index (χ0n) is 14.0. The highest BCUT2D eigenvalue weighted by Crippen LogP contribution is 2.13. The monoisotopic (exact) mass is 330 g/mol. The summed E-state index contributed by atoms with van der Waals surface area (Å²) in [5.41, 5.74) is 1.30. The molecule has 6 nitrogen and oxygen atoms in total. The normalized spacial score (nSPS) is 14.9. The van der Waals surface area contributed by atoms with Crippen molar-refractivity contribution in [3.8, 4) is 0 Å². The third-order valence-electron chi connectivity index (χ3n) is 3.93. The molecule has 1 heterocycles. The number of esters is 1. The van der Waals surface area contributed by atoms with Crippen molar-refractivity contribution in [3.63, 3.8) is 0 Å².